The molecule has 5 nitrogen and oxygen atoms in total. The van der Waals surface area contributed by atoms with E-state index in [4.69, 9.17) is 9.47 Å². The summed E-state index contributed by atoms with van der Waals surface area (Å²) in [6, 6.07) is 6.80. The van der Waals surface area contributed by atoms with Gasteiger partial charge in [0.2, 0.25) is 0 Å². The van der Waals surface area contributed by atoms with Gasteiger partial charge in [0.05, 0.1) is 30.0 Å². The van der Waals surface area contributed by atoms with Crippen LogP contribution in [0.2, 0.25) is 0 Å². The first-order valence-corrected chi connectivity index (χ1v) is 7.62. The summed E-state index contributed by atoms with van der Waals surface area (Å²) in [5.74, 6) is -1.50. The van der Waals surface area contributed by atoms with E-state index in [9.17, 15) is 13.6 Å². The summed E-state index contributed by atoms with van der Waals surface area (Å²) in [6.45, 7) is 0. The van der Waals surface area contributed by atoms with E-state index in [-0.39, 0.29) is 16.2 Å². The van der Waals surface area contributed by atoms with E-state index in [0.29, 0.717) is 16.2 Å². The van der Waals surface area contributed by atoms with Crippen LogP contribution in [0.15, 0.2) is 30.3 Å². The van der Waals surface area contributed by atoms with Crippen LogP contribution in [0, 0.1) is 11.6 Å². The first-order chi connectivity index (χ1) is 11.5. The lowest BCUT2D eigenvalue weighted by Crippen LogP contribution is -2.13. The quantitative estimate of drug-likeness (QED) is 0.777. The van der Waals surface area contributed by atoms with Gasteiger partial charge in [-0.3, -0.25) is 10.1 Å². The summed E-state index contributed by atoms with van der Waals surface area (Å²) in [7, 11) is 2.95. The summed E-state index contributed by atoms with van der Waals surface area (Å²) < 4.78 is 37.2. The zero-order valence-corrected chi connectivity index (χ0v) is 13.5. The third kappa shape index (κ3) is 3.00. The van der Waals surface area contributed by atoms with Crippen molar-refractivity contribution in [3.63, 3.8) is 0 Å². The Morgan fingerprint density at radius 3 is 2.58 bits per heavy atom. The highest BCUT2D eigenvalue weighted by Crippen LogP contribution is 2.30. The van der Waals surface area contributed by atoms with Crippen LogP contribution in [0.3, 0.4) is 0 Å². The van der Waals surface area contributed by atoms with Gasteiger partial charge >= 0.3 is 0 Å². The molecule has 0 fully saturated rings. The van der Waals surface area contributed by atoms with E-state index in [1.807, 2.05) is 0 Å². The van der Waals surface area contributed by atoms with Gasteiger partial charge in [0, 0.05) is 12.1 Å². The van der Waals surface area contributed by atoms with Gasteiger partial charge in [0.25, 0.3) is 5.91 Å². The molecule has 0 saturated carbocycles. The minimum Gasteiger partial charge on any atom is -0.497 e. The summed E-state index contributed by atoms with van der Waals surface area (Å²) >= 11 is 1.05. The molecular formula is C16H12F2N2O3S. The van der Waals surface area contributed by atoms with E-state index in [1.54, 1.807) is 18.2 Å². The predicted octanol–water partition coefficient (Wildman–Crippen LogP) is 3.84. The van der Waals surface area contributed by atoms with E-state index in [0.717, 1.165) is 23.5 Å². The first-order valence-electron chi connectivity index (χ1n) is 6.81. The van der Waals surface area contributed by atoms with Crippen molar-refractivity contribution in [2.75, 3.05) is 19.5 Å². The number of methoxy groups -OCH3 is 2. The number of fused-ring (bicyclic) bond motifs is 1. The SMILES string of the molecule is COc1ccc(C(=O)Nc2nc3cc(F)c(F)cc3s2)c(OC)c1. The molecule has 1 N–H and O–H groups in total. The number of carbonyl (C=O) groups excluding carboxylic acids is 1. The topological polar surface area (TPSA) is 60.5 Å². The second-order valence-corrected chi connectivity index (χ2v) is 5.80. The van der Waals surface area contributed by atoms with Gasteiger partial charge in [-0.2, -0.15) is 0 Å². The molecule has 2 aromatic carbocycles. The molecule has 8 heteroatoms. The van der Waals surface area contributed by atoms with Gasteiger partial charge in [-0.15, -0.1) is 0 Å². The number of hydrogen-bond donors (Lipinski definition) is 1. The normalized spacial score (nSPS) is 10.7. The standard InChI is InChI=1S/C16H12F2N2O3S/c1-22-8-3-4-9(13(5-8)23-2)15(21)20-16-19-12-6-10(17)11(18)7-14(12)24-16/h3-7H,1-2H3,(H,19,20,21). The number of halogens is 2. The van der Waals surface area contributed by atoms with Gasteiger partial charge in [-0.25, -0.2) is 13.8 Å². The third-order valence-corrected chi connectivity index (χ3v) is 4.24. The number of ether oxygens (including phenoxy) is 2. The van der Waals surface area contributed by atoms with Gasteiger partial charge in [-0.1, -0.05) is 11.3 Å². The van der Waals surface area contributed by atoms with Crippen molar-refractivity contribution in [2.45, 2.75) is 0 Å². The summed E-state index contributed by atoms with van der Waals surface area (Å²) in [4.78, 5) is 16.5. The Balaban J connectivity index is 1.89. The minimum atomic E-state index is -0.984. The Morgan fingerprint density at radius 1 is 1.12 bits per heavy atom. The van der Waals surface area contributed by atoms with Crippen LogP contribution < -0.4 is 14.8 Å². The van der Waals surface area contributed by atoms with Crippen LogP contribution in [0.25, 0.3) is 10.2 Å². The lowest BCUT2D eigenvalue weighted by molar-refractivity contribution is 0.102. The number of nitrogens with one attached hydrogen (secondary N) is 1. The highest BCUT2D eigenvalue weighted by Gasteiger charge is 2.16. The molecule has 24 heavy (non-hydrogen) atoms. The molecule has 1 aromatic heterocycles. The van der Waals surface area contributed by atoms with Crippen LogP contribution in [0.5, 0.6) is 11.5 Å². The van der Waals surface area contributed by atoms with Crippen LogP contribution in [-0.4, -0.2) is 25.1 Å². The number of benzene rings is 2. The van der Waals surface area contributed by atoms with Crippen molar-refractivity contribution in [2.24, 2.45) is 0 Å². The van der Waals surface area contributed by atoms with Crippen molar-refractivity contribution < 1.29 is 23.0 Å². The lowest BCUT2D eigenvalue weighted by atomic mass is 10.2. The molecule has 0 aliphatic heterocycles. The summed E-state index contributed by atoms with van der Waals surface area (Å²) in [5.41, 5.74) is 0.561. The van der Waals surface area contributed by atoms with Gasteiger partial charge in [0.15, 0.2) is 16.8 Å². The molecule has 1 amide bonds. The number of carbonyl (C=O) groups is 1. The van der Waals surface area contributed by atoms with Crippen LogP contribution in [0.1, 0.15) is 10.4 Å². The Labute approximate surface area is 139 Å². The summed E-state index contributed by atoms with van der Waals surface area (Å²) in [5, 5.41) is 2.84. The van der Waals surface area contributed by atoms with E-state index in [2.05, 4.69) is 10.3 Å². The van der Waals surface area contributed by atoms with Gasteiger partial charge in [0.1, 0.15) is 11.5 Å². The monoisotopic (exact) mass is 350 g/mol. The number of aromatic nitrogens is 1. The number of nitrogens with zero attached hydrogens (tertiary/aromatic N) is 1. The molecular weight excluding hydrogens is 338 g/mol. The predicted molar refractivity (Wildman–Crippen MR) is 87.0 cm³/mol. The molecule has 0 aliphatic rings. The van der Waals surface area contributed by atoms with Crippen molar-refractivity contribution in [1.29, 1.82) is 0 Å². The Morgan fingerprint density at radius 2 is 1.88 bits per heavy atom. The number of amides is 1. The first kappa shape index (κ1) is 16.1. The Bertz CT molecular complexity index is 888. The van der Waals surface area contributed by atoms with Gasteiger partial charge < -0.3 is 9.47 Å². The molecule has 0 bridgehead atoms. The molecule has 0 saturated heterocycles. The fraction of sp³-hybridized carbons (Fsp3) is 0.125. The smallest absolute Gasteiger partial charge is 0.261 e. The maximum absolute atomic E-state index is 13.2. The second kappa shape index (κ2) is 6.40. The molecule has 0 atom stereocenters. The lowest BCUT2D eigenvalue weighted by Gasteiger charge is -2.09. The van der Waals surface area contributed by atoms with Gasteiger partial charge in [-0.05, 0) is 18.2 Å². The zero-order valence-electron chi connectivity index (χ0n) is 12.7. The third-order valence-electron chi connectivity index (χ3n) is 3.30. The molecule has 124 valence electrons. The average molecular weight is 350 g/mol. The molecule has 0 aliphatic carbocycles. The number of anilines is 1. The van der Waals surface area contributed by atoms with Crippen molar-refractivity contribution in [1.82, 2.24) is 4.98 Å². The molecule has 0 spiro atoms. The minimum absolute atomic E-state index is 0.234. The van der Waals surface area contributed by atoms with Crippen molar-refractivity contribution in [3.05, 3.63) is 47.5 Å². The van der Waals surface area contributed by atoms with Crippen molar-refractivity contribution >= 4 is 32.6 Å². The highest BCUT2D eigenvalue weighted by molar-refractivity contribution is 7.22. The molecule has 0 radical (unpaired) electrons. The van der Waals surface area contributed by atoms with Crippen LogP contribution >= 0.6 is 11.3 Å². The average Bonchev–Trinajstić information content (AvgIpc) is 2.95. The van der Waals surface area contributed by atoms with E-state index in [1.165, 1.54) is 14.2 Å². The largest absolute Gasteiger partial charge is 0.497 e. The maximum Gasteiger partial charge on any atom is 0.261 e. The van der Waals surface area contributed by atoms with Crippen LogP contribution in [0.4, 0.5) is 13.9 Å². The highest BCUT2D eigenvalue weighted by atomic mass is 32.1. The fourth-order valence-electron chi connectivity index (χ4n) is 2.13. The Hall–Kier alpha value is -2.74. The number of hydrogen-bond acceptors (Lipinski definition) is 5. The summed E-state index contributed by atoms with van der Waals surface area (Å²) in [6.07, 6.45) is 0. The second-order valence-electron chi connectivity index (χ2n) is 4.77. The van der Waals surface area contributed by atoms with Crippen LogP contribution in [-0.2, 0) is 0 Å². The van der Waals surface area contributed by atoms with Crippen molar-refractivity contribution in [3.8, 4) is 11.5 Å². The fourth-order valence-corrected chi connectivity index (χ4v) is 3.00. The van der Waals surface area contributed by atoms with E-state index < -0.39 is 17.5 Å². The molecule has 3 aromatic rings. The molecule has 1 heterocycles. The van der Waals surface area contributed by atoms with E-state index >= 15 is 0 Å². The molecule has 0 unspecified atom stereocenters. The number of rotatable bonds is 4. The number of thiazole rings is 1. The molecule has 3 rings (SSSR count). The zero-order chi connectivity index (χ0) is 17.3. The maximum atomic E-state index is 13.2. The Kier molecular flexibility index (Phi) is 4.30.